The van der Waals surface area contributed by atoms with Gasteiger partial charge in [0.15, 0.2) is 0 Å². The van der Waals surface area contributed by atoms with Gasteiger partial charge >= 0.3 is 0 Å². The lowest BCUT2D eigenvalue weighted by molar-refractivity contribution is -0.140. The van der Waals surface area contributed by atoms with E-state index in [1.807, 2.05) is 12.2 Å². The zero-order valence-corrected chi connectivity index (χ0v) is 20.0. The Balaban J connectivity index is 1.17. The highest BCUT2D eigenvalue weighted by atomic mass is 32.2. The molecule has 0 bridgehead atoms. The standard InChI is InChI=1S/C24H31N3O6S/c28-22(12-16-27-23(29)20-6-2-3-7-21(20)24(27)30)25-13-17-33-18-8-10-19(11-9-18)34(31,32)26-14-4-1-5-15-26/h2-3,8-11,20-21H,1,4-7,12-17H2,(H,25,28)/t20-,21+. The number of imide groups is 1. The summed E-state index contributed by atoms with van der Waals surface area (Å²) >= 11 is 0. The molecular formula is C24H31N3O6S. The van der Waals surface area contributed by atoms with Crippen molar-refractivity contribution in [2.45, 2.75) is 43.4 Å². The van der Waals surface area contributed by atoms with Gasteiger partial charge in [-0.1, -0.05) is 18.6 Å². The molecule has 1 N–H and O–H groups in total. The van der Waals surface area contributed by atoms with Gasteiger partial charge in [0.25, 0.3) is 0 Å². The van der Waals surface area contributed by atoms with Crippen LogP contribution in [0.2, 0.25) is 0 Å². The van der Waals surface area contributed by atoms with Crippen molar-refractivity contribution in [3.63, 3.8) is 0 Å². The predicted molar refractivity (Wildman–Crippen MR) is 124 cm³/mol. The van der Waals surface area contributed by atoms with Gasteiger partial charge < -0.3 is 10.1 Å². The summed E-state index contributed by atoms with van der Waals surface area (Å²) in [5.74, 6) is -0.677. The molecule has 2 fully saturated rings. The fourth-order valence-electron chi connectivity index (χ4n) is 4.71. The van der Waals surface area contributed by atoms with Crippen LogP contribution in [0.5, 0.6) is 5.75 Å². The van der Waals surface area contributed by atoms with Crippen LogP contribution in [0.4, 0.5) is 0 Å². The monoisotopic (exact) mass is 489 g/mol. The van der Waals surface area contributed by atoms with Gasteiger partial charge in [0.2, 0.25) is 27.7 Å². The Morgan fingerprint density at radius 2 is 1.59 bits per heavy atom. The van der Waals surface area contributed by atoms with Crippen molar-refractivity contribution in [2.75, 3.05) is 32.8 Å². The van der Waals surface area contributed by atoms with Crippen molar-refractivity contribution in [1.82, 2.24) is 14.5 Å². The Kier molecular flexibility index (Phi) is 7.67. The van der Waals surface area contributed by atoms with E-state index < -0.39 is 10.0 Å². The van der Waals surface area contributed by atoms with Crippen LogP contribution in [0, 0.1) is 11.8 Å². The van der Waals surface area contributed by atoms with Gasteiger partial charge in [0.1, 0.15) is 12.4 Å². The van der Waals surface area contributed by atoms with Gasteiger partial charge in [-0.2, -0.15) is 4.31 Å². The van der Waals surface area contributed by atoms with Crippen LogP contribution in [0.25, 0.3) is 0 Å². The summed E-state index contributed by atoms with van der Waals surface area (Å²) in [6, 6.07) is 6.29. The summed E-state index contributed by atoms with van der Waals surface area (Å²) in [4.78, 5) is 38.5. The number of fused-ring (bicyclic) bond motifs is 1. The smallest absolute Gasteiger partial charge is 0.243 e. The summed E-state index contributed by atoms with van der Waals surface area (Å²) in [7, 11) is -3.48. The number of sulfonamides is 1. The highest BCUT2D eigenvalue weighted by molar-refractivity contribution is 7.89. The van der Waals surface area contributed by atoms with Gasteiger partial charge in [-0.25, -0.2) is 8.42 Å². The zero-order chi connectivity index (χ0) is 24.1. The third kappa shape index (κ3) is 5.33. The van der Waals surface area contributed by atoms with Crippen LogP contribution in [0.15, 0.2) is 41.3 Å². The summed E-state index contributed by atoms with van der Waals surface area (Å²) < 4.78 is 32.5. The lowest BCUT2D eigenvalue weighted by Crippen LogP contribution is -2.36. The number of benzene rings is 1. The highest BCUT2D eigenvalue weighted by Gasteiger charge is 2.46. The molecule has 2 heterocycles. The minimum absolute atomic E-state index is 0.0490. The SMILES string of the molecule is O=C(CCN1C(=O)[C@H]2CC=CC[C@H]2C1=O)NCCOc1ccc(S(=O)(=O)N2CCCCC2)cc1. The fraction of sp³-hybridized carbons (Fsp3) is 0.542. The number of likely N-dealkylation sites (tertiary alicyclic amines) is 1. The number of carbonyl (C=O) groups is 3. The number of ether oxygens (including phenoxy) is 1. The Morgan fingerprint density at radius 1 is 0.971 bits per heavy atom. The molecule has 2 aliphatic heterocycles. The molecule has 0 aromatic heterocycles. The van der Waals surface area contributed by atoms with Crippen molar-refractivity contribution < 1.29 is 27.5 Å². The van der Waals surface area contributed by atoms with Crippen LogP contribution in [0.1, 0.15) is 38.5 Å². The molecule has 2 saturated heterocycles. The van der Waals surface area contributed by atoms with Crippen LogP contribution in [-0.4, -0.2) is 68.1 Å². The van der Waals surface area contributed by atoms with Gasteiger partial charge in [0, 0.05) is 26.1 Å². The number of nitrogens with one attached hydrogen (secondary N) is 1. The summed E-state index contributed by atoms with van der Waals surface area (Å²) in [5.41, 5.74) is 0. The molecule has 0 saturated carbocycles. The first-order valence-electron chi connectivity index (χ1n) is 11.9. The van der Waals surface area contributed by atoms with E-state index in [1.54, 1.807) is 12.1 Å². The molecule has 1 aliphatic carbocycles. The average molecular weight is 490 g/mol. The molecule has 3 aliphatic rings. The number of carbonyl (C=O) groups excluding carboxylic acids is 3. The van der Waals surface area contributed by atoms with E-state index in [-0.39, 0.29) is 60.6 Å². The minimum atomic E-state index is -3.48. The van der Waals surface area contributed by atoms with E-state index in [0.717, 1.165) is 19.3 Å². The van der Waals surface area contributed by atoms with Crippen molar-refractivity contribution in [2.24, 2.45) is 11.8 Å². The number of allylic oxidation sites excluding steroid dienone is 2. The summed E-state index contributed by atoms with van der Waals surface area (Å²) in [6.45, 7) is 1.66. The molecule has 9 nitrogen and oxygen atoms in total. The summed E-state index contributed by atoms with van der Waals surface area (Å²) in [5, 5.41) is 2.72. The molecule has 2 atom stereocenters. The van der Waals surface area contributed by atoms with Gasteiger partial charge in [-0.15, -0.1) is 0 Å². The molecule has 0 radical (unpaired) electrons. The second kappa shape index (κ2) is 10.7. The first-order valence-corrected chi connectivity index (χ1v) is 13.3. The van der Waals surface area contributed by atoms with E-state index in [4.69, 9.17) is 4.74 Å². The molecule has 1 aromatic carbocycles. The number of amides is 3. The van der Waals surface area contributed by atoms with Crippen LogP contribution < -0.4 is 10.1 Å². The number of rotatable bonds is 9. The van der Waals surface area contributed by atoms with Gasteiger partial charge in [0.05, 0.1) is 23.3 Å². The van der Waals surface area contributed by atoms with E-state index >= 15 is 0 Å². The second-order valence-corrected chi connectivity index (χ2v) is 10.8. The van der Waals surface area contributed by atoms with E-state index in [0.29, 0.717) is 31.7 Å². The minimum Gasteiger partial charge on any atom is -0.492 e. The molecule has 10 heteroatoms. The Morgan fingerprint density at radius 3 is 2.21 bits per heavy atom. The zero-order valence-electron chi connectivity index (χ0n) is 19.1. The predicted octanol–water partition coefficient (Wildman–Crippen LogP) is 1.70. The molecule has 0 spiro atoms. The molecule has 1 aromatic rings. The maximum Gasteiger partial charge on any atom is 0.243 e. The van der Waals surface area contributed by atoms with Crippen LogP contribution >= 0.6 is 0 Å². The third-order valence-corrected chi connectivity index (χ3v) is 8.54. The molecule has 0 unspecified atom stereocenters. The average Bonchev–Trinajstić information content (AvgIpc) is 3.11. The summed E-state index contributed by atoms with van der Waals surface area (Å²) in [6.07, 6.45) is 7.91. The first-order chi connectivity index (χ1) is 16.4. The Labute approximate surface area is 200 Å². The fourth-order valence-corrected chi connectivity index (χ4v) is 6.23. The topological polar surface area (TPSA) is 113 Å². The van der Waals surface area contributed by atoms with Crippen molar-refractivity contribution in [3.05, 3.63) is 36.4 Å². The number of piperidine rings is 1. The van der Waals surface area contributed by atoms with Crippen molar-refractivity contribution in [1.29, 1.82) is 0 Å². The largest absolute Gasteiger partial charge is 0.492 e. The van der Waals surface area contributed by atoms with Crippen LogP contribution in [-0.2, 0) is 24.4 Å². The number of nitrogens with zero attached hydrogens (tertiary/aromatic N) is 2. The number of hydrogen-bond acceptors (Lipinski definition) is 6. The normalized spacial score (nSPS) is 23.1. The first kappa shape index (κ1) is 24.4. The van der Waals surface area contributed by atoms with E-state index in [1.165, 1.54) is 21.3 Å². The molecule has 3 amide bonds. The van der Waals surface area contributed by atoms with Crippen molar-refractivity contribution >= 4 is 27.7 Å². The molecule has 34 heavy (non-hydrogen) atoms. The maximum atomic E-state index is 12.7. The van der Waals surface area contributed by atoms with Crippen LogP contribution in [0.3, 0.4) is 0 Å². The van der Waals surface area contributed by atoms with Crippen molar-refractivity contribution in [3.8, 4) is 5.75 Å². The number of hydrogen-bond donors (Lipinski definition) is 1. The molecule has 4 rings (SSSR count). The van der Waals surface area contributed by atoms with Gasteiger partial charge in [-0.05, 0) is 49.9 Å². The van der Waals surface area contributed by atoms with E-state index in [9.17, 15) is 22.8 Å². The second-order valence-electron chi connectivity index (χ2n) is 8.87. The lowest BCUT2D eigenvalue weighted by Gasteiger charge is -2.25. The maximum absolute atomic E-state index is 12.7. The van der Waals surface area contributed by atoms with Gasteiger partial charge in [-0.3, -0.25) is 19.3 Å². The Bertz CT molecular complexity index is 1020. The lowest BCUT2D eigenvalue weighted by atomic mass is 9.85. The van der Waals surface area contributed by atoms with E-state index in [2.05, 4.69) is 5.32 Å². The molecule has 184 valence electrons. The third-order valence-electron chi connectivity index (χ3n) is 6.63. The quantitative estimate of drug-likeness (QED) is 0.321. The molecular weight excluding hydrogens is 458 g/mol. The Hall–Kier alpha value is -2.72. The highest BCUT2D eigenvalue weighted by Crippen LogP contribution is 2.35.